The molecule has 0 aliphatic rings. The number of aromatic carboxylic acids is 1. The van der Waals surface area contributed by atoms with Gasteiger partial charge in [-0.1, -0.05) is 0 Å². The first-order valence-corrected chi connectivity index (χ1v) is 6.44. The van der Waals surface area contributed by atoms with Gasteiger partial charge in [0.2, 0.25) is 0 Å². The highest BCUT2D eigenvalue weighted by atomic mass is 16.4. The molecule has 0 atom stereocenters. The van der Waals surface area contributed by atoms with E-state index in [1.165, 1.54) is 6.07 Å². The molecule has 0 radical (unpaired) electrons. The van der Waals surface area contributed by atoms with E-state index in [1.54, 1.807) is 36.1 Å². The van der Waals surface area contributed by atoms with Gasteiger partial charge in [0.15, 0.2) is 0 Å². The molecule has 7 heteroatoms. The zero-order valence-corrected chi connectivity index (χ0v) is 11.8. The predicted octanol–water partition coefficient (Wildman–Crippen LogP) is 2.55. The van der Waals surface area contributed by atoms with Gasteiger partial charge < -0.3 is 15.7 Å². The first-order chi connectivity index (χ1) is 9.99. The maximum Gasteiger partial charge on any atom is 0.335 e. The van der Waals surface area contributed by atoms with Crippen molar-refractivity contribution >= 4 is 23.4 Å². The molecule has 21 heavy (non-hydrogen) atoms. The highest BCUT2D eigenvalue weighted by Gasteiger charge is 2.09. The highest BCUT2D eigenvalue weighted by Crippen LogP contribution is 2.15. The van der Waals surface area contributed by atoms with E-state index in [0.29, 0.717) is 16.9 Å². The predicted molar refractivity (Wildman–Crippen MR) is 78.7 cm³/mol. The Bertz CT molecular complexity index is 679. The summed E-state index contributed by atoms with van der Waals surface area (Å²) in [5, 5.41) is 18.3. The number of hydrogen-bond acceptors (Lipinski definition) is 3. The van der Waals surface area contributed by atoms with Gasteiger partial charge in [0.25, 0.3) is 0 Å². The summed E-state index contributed by atoms with van der Waals surface area (Å²) in [6, 6.07) is 4.21. The van der Waals surface area contributed by atoms with Gasteiger partial charge in [-0.3, -0.25) is 4.68 Å². The lowest BCUT2D eigenvalue weighted by Gasteiger charge is -2.08. The average Bonchev–Trinajstić information content (AvgIpc) is 2.85. The first kappa shape index (κ1) is 14.6. The second-order valence-electron chi connectivity index (χ2n) is 4.50. The summed E-state index contributed by atoms with van der Waals surface area (Å²) in [5.74, 6) is -0.990. The third-order valence-electron chi connectivity index (χ3n) is 2.93. The topological polar surface area (TPSA) is 96.2 Å². The molecule has 2 amide bonds. The van der Waals surface area contributed by atoms with Crippen LogP contribution in [0.3, 0.4) is 0 Å². The molecule has 0 saturated carbocycles. The van der Waals surface area contributed by atoms with E-state index >= 15 is 0 Å². The van der Waals surface area contributed by atoms with Crippen LogP contribution < -0.4 is 10.6 Å². The van der Waals surface area contributed by atoms with E-state index in [9.17, 15) is 9.59 Å². The van der Waals surface area contributed by atoms with Gasteiger partial charge in [0.05, 0.1) is 17.4 Å². The van der Waals surface area contributed by atoms with E-state index in [1.807, 2.05) is 6.92 Å². The van der Waals surface area contributed by atoms with Gasteiger partial charge in [0, 0.05) is 18.4 Å². The molecule has 0 unspecified atom stereocenters. The fourth-order valence-electron chi connectivity index (χ4n) is 1.88. The Kier molecular flexibility index (Phi) is 4.22. The Morgan fingerprint density at radius 2 is 2.00 bits per heavy atom. The van der Waals surface area contributed by atoms with Crippen LogP contribution in [0.4, 0.5) is 16.2 Å². The second-order valence-corrected chi connectivity index (χ2v) is 4.50. The smallest absolute Gasteiger partial charge is 0.335 e. The molecule has 7 nitrogen and oxygen atoms in total. The molecule has 1 heterocycles. The molecule has 1 aromatic heterocycles. The molecule has 0 bridgehead atoms. The van der Waals surface area contributed by atoms with Crippen LogP contribution in [-0.2, 0) is 6.54 Å². The number of amides is 2. The summed E-state index contributed by atoms with van der Waals surface area (Å²) in [5.41, 5.74) is 1.91. The number of carbonyl (C=O) groups excluding carboxylic acids is 1. The second kappa shape index (κ2) is 6.08. The summed E-state index contributed by atoms with van der Waals surface area (Å²) in [4.78, 5) is 22.8. The molecule has 3 N–H and O–H groups in total. The number of anilines is 2. The lowest BCUT2D eigenvalue weighted by molar-refractivity contribution is 0.0696. The van der Waals surface area contributed by atoms with Gasteiger partial charge >= 0.3 is 12.0 Å². The summed E-state index contributed by atoms with van der Waals surface area (Å²) in [6.45, 7) is 4.35. The number of nitrogens with zero attached hydrogens (tertiary/aromatic N) is 2. The first-order valence-electron chi connectivity index (χ1n) is 6.44. The van der Waals surface area contributed by atoms with E-state index < -0.39 is 12.0 Å². The molecule has 0 aliphatic carbocycles. The van der Waals surface area contributed by atoms with Crippen molar-refractivity contribution in [2.45, 2.75) is 20.4 Å². The van der Waals surface area contributed by atoms with E-state index in [2.05, 4.69) is 15.7 Å². The SMILES string of the molecule is CCn1cc(NC(=O)Nc2ccc(C(=O)O)c(C)c2)cn1. The van der Waals surface area contributed by atoms with Crippen LogP contribution in [0.25, 0.3) is 0 Å². The molecular weight excluding hydrogens is 272 g/mol. The molecule has 0 saturated heterocycles. The Morgan fingerprint density at radius 1 is 1.29 bits per heavy atom. The Balaban J connectivity index is 2.02. The Labute approximate surface area is 121 Å². The molecule has 0 spiro atoms. The summed E-state index contributed by atoms with van der Waals surface area (Å²) in [7, 11) is 0. The van der Waals surface area contributed by atoms with Crippen molar-refractivity contribution in [3.63, 3.8) is 0 Å². The summed E-state index contributed by atoms with van der Waals surface area (Å²) in [6.07, 6.45) is 3.28. The van der Waals surface area contributed by atoms with Gasteiger partial charge in [-0.25, -0.2) is 9.59 Å². The third kappa shape index (κ3) is 3.59. The quantitative estimate of drug-likeness (QED) is 0.805. The molecule has 2 aromatic rings. The van der Waals surface area contributed by atoms with Crippen LogP contribution in [0.5, 0.6) is 0 Å². The number of rotatable bonds is 4. The number of nitrogens with one attached hydrogen (secondary N) is 2. The van der Waals surface area contributed by atoms with Crippen LogP contribution in [0.2, 0.25) is 0 Å². The van der Waals surface area contributed by atoms with Crippen molar-refractivity contribution in [2.75, 3.05) is 10.6 Å². The fraction of sp³-hybridized carbons (Fsp3) is 0.214. The monoisotopic (exact) mass is 288 g/mol. The van der Waals surface area contributed by atoms with Gasteiger partial charge in [-0.15, -0.1) is 0 Å². The number of aryl methyl sites for hydroxylation is 2. The number of aromatic nitrogens is 2. The molecule has 110 valence electrons. The molecule has 0 fully saturated rings. The molecule has 1 aromatic carbocycles. The van der Waals surface area contributed by atoms with Crippen molar-refractivity contribution < 1.29 is 14.7 Å². The van der Waals surface area contributed by atoms with Crippen LogP contribution in [0, 0.1) is 6.92 Å². The zero-order valence-electron chi connectivity index (χ0n) is 11.8. The van der Waals surface area contributed by atoms with Gasteiger partial charge in [-0.05, 0) is 37.6 Å². The fourth-order valence-corrected chi connectivity index (χ4v) is 1.88. The van der Waals surface area contributed by atoms with Crippen LogP contribution in [-0.4, -0.2) is 26.9 Å². The molecular formula is C14H16N4O3. The number of carboxylic acids is 1. The number of carboxylic acid groups (broad SMARTS) is 1. The highest BCUT2D eigenvalue weighted by molar-refractivity contribution is 6.00. The van der Waals surface area contributed by atoms with E-state index in [0.717, 1.165) is 6.54 Å². The van der Waals surface area contributed by atoms with Crippen LogP contribution >= 0.6 is 0 Å². The third-order valence-corrected chi connectivity index (χ3v) is 2.93. The van der Waals surface area contributed by atoms with Gasteiger partial charge in [0.1, 0.15) is 0 Å². The van der Waals surface area contributed by atoms with Crippen molar-refractivity contribution in [1.82, 2.24) is 9.78 Å². The zero-order chi connectivity index (χ0) is 15.4. The summed E-state index contributed by atoms with van der Waals surface area (Å²) >= 11 is 0. The number of hydrogen-bond donors (Lipinski definition) is 3. The van der Waals surface area contributed by atoms with Crippen LogP contribution in [0.1, 0.15) is 22.8 Å². The number of carbonyl (C=O) groups is 2. The largest absolute Gasteiger partial charge is 0.478 e. The maximum atomic E-state index is 11.8. The van der Waals surface area contributed by atoms with Crippen LogP contribution in [0.15, 0.2) is 30.6 Å². The number of benzene rings is 1. The normalized spacial score (nSPS) is 10.2. The van der Waals surface area contributed by atoms with E-state index in [-0.39, 0.29) is 5.56 Å². The Morgan fingerprint density at radius 3 is 2.57 bits per heavy atom. The lowest BCUT2D eigenvalue weighted by Crippen LogP contribution is -2.19. The minimum Gasteiger partial charge on any atom is -0.478 e. The van der Waals surface area contributed by atoms with Gasteiger partial charge in [-0.2, -0.15) is 5.10 Å². The minimum atomic E-state index is -0.990. The lowest BCUT2D eigenvalue weighted by atomic mass is 10.1. The van der Waals surface area contributed by atoms with Crippen molar-refractivity contribution in [3.8, 4) is 0 Å². The van der Waals surface area contributed by atoms with Crippen molar-refractivity contribution in [1.29, 1.82) is 0 Å². The average molecular weight is 288 g/mol. The number of urea groups is 1. The molecule has 2 rings (SSSR count). The summed E-state index contributed by atoms with van der Waals surface area (Å²) < 4.78 is 1.70. The van der Waals surface area contributed by atoms with Crippen molar-refractivity contribution in [2.24, 2.45) is 0 Å². The standard InChI is InChI=1S/C14H16N4O3/c1-3-18-8-11(7-15-18)17-14(21)16-10-4-5-12(13(19)20)9(2)6-10/h4-8H,3H2,1-2H3,(H,19,20)(H2,16,17,21). The minimum absolute atomic E-state index is 0.213. The maximum absolute atomic E-state index is 11.8. The van der Waals surface area contributed by atoms with Crippen molar-refractivity contribution in [3.05, 3.63) is 41.7 Å². The Hall–Kier alpha value is -2.83. The molecule has 0 aliphatic heterocycles. The van der Waals surface area contributed by atoms with E-state index in [4.69, 9.17) is 5.11 Å².